The number of carboxylic acid groups (broad SMARTS) is 1. The summed E-state index contributed by atoms with van der Waals surface area (Å²) >= 11 is 0. The second kappa shape index (κ2) is 6.15. The van der Waals surface area contributed by atoms with E-state index >= 15 is 4.39 Å². The zero-order valence-corrected chi connectivity index (χ0v) is 16.0. The summed E-state index contributed by atoms with van der Waals surface area (Å²) in [6, 6.07) is 6.79. The molecule has 3 aromatic rings. The van der Waals surface area contributed by atoms with Gasteiger partial charge in [-0.3, -0.25) is 9.69 Å². The maximum absolute atomic E-state index is 15.3. The second-order valence-electron chi connectivity index (χ2n) is 7.86. The van der Waals surface area contributed by atoms with Crippen molar-refractivity contribution in [3.63, 3.8) is 0 Å². The molecule has 29 heavy (non-hydrogen) atoms. The van der Waals surface area contributed by atoms with Gasteiger partial charge >= 0.3 is 5.97 Å². The van der Waals surface area contributed by atoms with Crippen LogP contribution in [0.25, 0.3) is 22.0 Å². The van der Waals surface area contributed by atoms with E-state index < -0.39 is 17.2 Å². The van der Waals surface area contributed by atoms with Crippen molar-refractivity contribution in [1.29, 1.82) is 0 Å². The summed E-state index contributed by atoms with van der Waals surface area (Å²) in [5.74, 6) is -1.63. The summed E-state index contributed by atoms with van der Waals surface area (Å²) in [5.41, 5.74) is 2.70. The van der Waals surface area contributed by atoms with Gasteiger partial charge in [0, 0.05) is 19.3 Å². The first kappa shape index (κ1) is 17.9. The summed E-state index contributed by atoms with van der Waals surface area (Å²) in [6.45, 7) is 3.77. The number of aromatic carboxylic acids is 1. The Morgan fingerprint density at radius 1 is 1.24 bits per heavy atom. The SMILES string of the molecule is CC1COc2c(-c3ccc4c(c3)CN(C)C4)c(F)cc3c(=O)c(C(=O)O)cn1c23. The van der Waals surface area contributed by atoms with Crippen molar-refractivity contribution < 1.29 is 19.0 Å². The number of aromatic nitrogens is 1. The van der Waals surface area contributed by atoms with Crippen molar-refractivity contribution in [2.75, 3.05) is 13.7 Å². The Kier molecular flexibility index (Phi) is 3.79. The van der Waals surface area contributed by atoms with E-state index in [1.54, 1.807) is 4.57 Å². The van der Waals surface area contributed by atoms with E-state index in [1.807, 2.05) is 32.2 Å². The molecule has 2 aliphatic rings. The summed E-state index contributed by atoms with van der Waals surface area (Å²) < 4.78 is 22.9. The number of nitrogens with zero attached hydrogens (tertiary/aromatic N) is 2. The molecular formula is C22H19FN2O4. The van der Waals surface area contributed by atoms with Gasteiger partial charge in [0.15, 0.2) is 5.75 Å². The van der Waals surface area contributed by atoms with Crippen LogP contribution in [0.1, 0.15) is 34.5 Å². The summed E-state index contributed by atoms with van der Waals surface area (Å²) in [7, 11) is 2.03. The number of pyridine rings is 1. The lowest BCUT2D eigenvalue weighted by Crippen LogP contribution is -2.27. The van der Waals surface area contributed by atoms with Gasteiger partial charge in [-0.2, -0.15) is 0 Å². The normalized spacial score (nSPS) is 18.0. The van der Waals surface area contributed by atoms with Crippen molar-refractivity contribution in [2.45, 2.75) is 26.1 Å². The molecule has 0 saturated heterocycles. The van der Waals surface area contributed by atoms with Crippen LogP contribution < -0.4 is 10.2 Å². The van der Waals surface area contributed by atoms with Crippen LogP contribution in [0.3, 0.4) is 0 Å². The third-order valence-corrected chi connectivity index (χ3v) is 5.77. The van der Waals surface area contributed by atoms with Gasteiger partial charge in [0.1, 0.15) is 18.0 Å². The van der Waals surface area contributed by atoms with Crippen molar-refractivity contribution in [3.05, 3.63) is 63.2 Å². The van der Waals surface area contributed by atoms with E-state index in [0.717, 1.165) is 24.7 Å². The highest BCUT2D eigenvalue weighted by Gasteiger charge is 2.29. The fraction of sp³-hybridized carbons (Fsp3) is 0.273. The Labute approximate surface area is 165 Å². The highest BCUT2D eigenvalue weighted by molar-refractivity contribution is 5.98. The average Bonchev–Trinajstić information content (AvgIpc) is 3.04. The van der Waals surface area contributed by atoms with Crippen molar-refractivity contribution >= 4 is 16.9 Å². The molecule has 0 fully saturated rings. The molecule has 1 N–H and O–H groups in total. The lowest BCUT2D eigenvalue weighted by atomic mass is 9.96. The standard InChI is InChI=1S/C22H19FN2O4/c1-11-10-29-21-18(12-3-4-13-7-24(2)8-14(13)5-12)17(23)6-15-19(21)25(11)9-16(20(15)26)22(27)28/h3-6,9,11H,7-8,10H2,1-2H3,(H,27,28). The Morgan fingerprint density at radius 2 is 2.00 bits per heavy atom. The molecule has 0 aliphatic carbocycles. The van der Waals surface area contributed by atoms with Crippen molar-refractivity contribution in [3.8, 4) is 16.9 Å². The molecule has 7 heteroatoms. The lowest BCUT2D eigenvalue weighted by Gasteiger charge is -2.28. The van der Waals surface area contributed by atoms with E-state index in [1.165, 1.54) is 11.8 Å². The van der Waals surface area contributed by atoms with Crippen LogP contribution in [-0.2, 0) is 13.1 Å². The number of carbonyl (C=O) groups is 1. The minimum Gasteiger partial charge on any atom is -0.488 e. The molecule has 0 spiro atoms. The average molecular weight is 394 g/mol. The molecule has 0 amide bonds. The molecule has 1 unspecified atom stereocenters. The van der Waals surface area contributed by atoms with E-state index in [2.05, 4.69) is 4.90 Å². The predicted molar refractivity (Wildman–Crippen MR) is 106 cm³/mol. The summed E-state index contributed by atoms with van der Waals surface area (Å²) in [6.07, 6.45) is 1.34. The Hall–Kier alpha value is -3.19. The van der Waals surface area contributed by atoms with Crippen LogP contribution in [0.15, 0.2) is 35.3 Å². The molecule has 148 valence electrons. The number of benzene rings is 2. The first-order valence-electron chi connectivity index (χ1n) is 9.43. The van der Waals surface area contributed by atoms with E-state index in [9.17, 15) is 14.7 Å². The molecular weight excluding hydrogens is 375 g/mol. The third-order valence-electron chi connectivity index (χ3n) is 5.77. The highest BCUT2D eigenvalue weighted by atomic mass is 19.1. The number of rotatable bonds is 2. The lowest BCUT2D eigenvalue weighted by molar-refractivity contribution is 0.0694. The van der Waals surface area contributed by atoms with Crippen LogP contribution in [0.4, 0.5) is 4.39 Å². The number of halogens is 1. The number of hydrogen-bond acceptors (Lipinski definition) is 4. The number of hydrogen-bond donors (Lipinski definition) is 1. The molecule has 2 aromatic carbocycles. The molecule has 3 heterocycles. The van der Waals surface area contributed by atoms with Crippen LogP contribution >= 0.6 is 0 Å². The Morgan fingerprint density at radius 3 is 2.76 bits per heavy atom. The third kappa shape index (κ3) is 2.57. The topological polar surface area (TPSA) is 71.8 Å². The number of carboxylic acids is 1. The Bertz CT molecular complexity index is 1260. The highest BCUT2D eigenvalue weighted by Crippen LogP contribution is 2.42. The molecule has 1 atom stereocenters. The summed E-state index contributed by atoms with van der Waals surface area (Å²) in [5, 5.41) is 9.41. The predicted octanol–water partition coefficient (Wildman–Crippen LogP) is 3.40. The zero-order valence-electron chi connectivity index (χ0n) is 16.0. The van der Waals surface area contributed by atoms with Gasteiger partial charge in [-0.05, 0) is 42.8 Å². The largest absolute Gasteiger partial charge is 0.488 e. The van der Waals surface area contributed by atoms with Crippen LogP contribution in [-0.4, -0.2) is 34.2 Å². The second-order valence-corrected chi connectivity index (χ2v) is 7.86. The van der Waals surface area contributed by atoms with Gasteiger partial charge in [0.25, 0.3) is 0 Å². The Balaban J connectivity index is 1.83. The van der Waals surface area contributed by atoms with Gasteiger partial charge in [0.05, 0.1) is 22.5 Å². The molecule has 1 aromatic heterocycles. The molecule has 2 aliphatic heterocycles. The molecule has 0 saturated carbocycles. The number of fused-ring (bicyclic) bond motifs is 1. The quantitative estimate of drug-likeness (QED) is 0.721. The molecule has 6 nitrogen and oxygen atoms in total. The first-order valence-corrected chi connectivity index (χ1v) is 9.43. The van der Waals surface area contributed by atoms with Gasteiger partial charge in [-0.1, -0.05) is 12.1 Å². The maximum Gasteiger partial charge on any atom is 0.341 e. The van der Waals surface area contributed by atoms with Crippen LogP contribution in [0.5, 0.6) is 5.75 Å². The monoisotopic (exact) mass is 394 g/mol. The first-order chi connectivity index (χ1) is 13.8. The fourth-order valence-corrected chi connectivity index (χ4v) is 4.37. The minimum atomic E-state index is -1.33. The summed E-state index contributed by atoms with van der Waals surface area (Å²) in [4.78, 5) is 26.4. The van der Waals surface area contributed by atoms with Crippen LogP contribution in [0, 0.1) is 5.82 Å². The van der Waals surface area contributed by atoms with Crippen molar-refractivity contribution in [1.82, 2.24) is 9.47 Å². The van der Waals surface area contributed by atoms with Gasteiger partial charge < -0.3 is 14.4 Å². The van der Waals surface area contributed by atoms with E-state index in [4.69, 9.17) is 4.74 Å². The van der Waals surface area contributed by atoms with Gasteiger partial charge in [0.2, 0.25) is 5.43 Å². The van der Waals surface area contributed by atoms with Gasteiger partial charge in [-0.25, -0.2) is 9.18 Å². The number of ether oxygens (including phenoxy) is 1. The molecule has 0 radical (unpaired) electrons. The maximum atomic E-state index is 15.3. The molecule has 5 rings (SSSR count). The fourth-order valence-electron chi connectivity index (χ4n) is 4.37. The van der Waals surface area contributed by atoms with E-state index in [-0.39, 0.29) is 23.6 Å². The molecule has 0 bridgehead atoms. The van der Waals surface area contributed by atoms with E-state index in [0.29, 0.717) is 22.4 Å². The minimum absolute atomic E-state index is 0.0218. The zero-order chi connectivity index (χ0) is 20.4. The van der Waals surface area contributed by atoms with Crippen molar-refractivity contribution in [2.24, 2.45) is 0 Å². The van der Waals surface area contributed by atoms with Crippen LogP contribution in [0.2, 0.25) is 0 Å². The smallest absolute Gasteiger partial charge is 0.341 e. The van der Waals surface area contributed by atoms with Gasteiger partial charge in [-0.15, -0.1) is 0 Å².